The molecule has 0 bridgehead atoms. The average molecular weight is 187 g/mol. The Morgan fingerprint density at radius 3 is 2.07 bits per heavy atom. The number of hydrogen-bond acceptors (Lipinski definition) is 1. The van der Waals surface area contributed by atoms with Crippen LogP contribution >= 0.6 is 0 Å². The van der Waals surface area contributed by atoms with Gasteiger partial charge in [0.15, 0.2) is 0 Å². The van der Waals surface area contributed by atoms with E-state index in [2.05, 4.69) is 31.6 Å². The molecule has 0 aromatic heterocycles. The van der Waals surface area contributed by atoms with E-state index in [0.717, 1.165) is 17.0 Å². The minimum absolute atomic E-state index is 0.779. The highest BCUT2D eigenvalue weighted by Crippen LogP contribution is 1.98. The lowest BCUT2D eigenvalue weighted by Crippen LogP contribution is -2.07. The topological polar surface area (TPSA) is 12.0 Å². The maximum atomic E-state index is 3.82. The molecule has 0 fully saturated rings. The number of nitrogens with one attached hydrogen (secondary N) is 1. The predicted octanol–water partition coefficient (Wildman–Crippen LogP) is 3.48. The summed E-state index contributed by atoms with van der Waals surface area (Å²) in [7, 11) is 0. The Morgan fingerprint density at radius 2 is 1.57 bits per heavy atom. The molecule has 0 rings (SSSR count). The zero-order chi connectivity index (χ0) is 11.0. The second kappa shape index (κ2) is 6.72. The third-order valence-corrected chi connectivity index (χ3v) is 1.32. The fourth-order valence-corrected chi connectivity index (χ4v) is 0.717. The predicted molar refractivity (Wildman–Crippen MR) is 64.7 cm³/mol. The van der Waals surface area contributed by atoms with Crippen LogP contribution in [0, 0.1) is 0 Å². The van der Waals surface area contributed by atoms with E-state index >= 15 is 0 Å². The minimum atomic E-state index is 0.779. The van der Waals surface area contributed by atoms with E-state index < -0.39 is 0 Å². The zero-order valence-electron chi connectivity index (χ0n) is 8.72. The fraction of sp³-hybridized carbons (Fsp3) is 0.0769. The minimum Gasteiger partial charge on any atom is -0.356 e. The SMILES string of the molecule is C=C/C=C\C(=C)NC(=C)/C=C\C(=C)C. The van der Waals surface area contributed by atoms with Crippen LogP contribution in [-0.4, -0.2) is 0 Å². The Balaban J connectivity index is 4.07. The van der Waals surface area contributed by atoms with Gasteiger partial charge in [-0.05, 0) is 19.1 Å². The van der Waals surface area contributed by atoms with Crippen molar-refractivity contribution < 1.29 is 0 Å². The number of rotatable bonds is 6. The second-order valence-electron chi connectivity index (χ2n) is 2.95. The molecule has 0 aromatic carbocycles. The Kier molecular flexibility index (Phi) is 5.88. The Morgan fingerprint density at radius 1 is 1.00 bits per heavy atom. The lowest BCUT2D eigenvalue weighted by atomic mass is 10.3. The molecule has 0 saturated heterocycles. The first-order valence-corrected chi connectivity index (χ1v) is 4.33. The molecule has 0 unspecified atom stereocenters. The van der Waals surface area contributed by atoms with Gasteiger partial charge in [0.25, 0.3) is 0 Å². The molecule has 0 spiro atoms. The van der Waals surface area contributed by atoms with Crippen molar-refractivity contribution in [3.63, 3.8) is 0 Å². The Labute approximate surface area is 86.5 Å². The summed E-state index contributed by atoms with van der Waals surface area (Å²) in [6, 6.07) is 0. The summed E-state index contributed by atoms with van der Waals surface area (Å²) >= 11 is 0. The molecule has 1 nitrogen and oxygen atoms in total. The van der Waals surface area contributed by atoms with Gasteiger partial charge < -0.3 is 5.32 Å². The second-order valence-corrected chi connectivity index (χ2v) is 2.95. The molecule has 0 amide bonds. The van der Waals surface area contributed by atoms with E-state index in [9.17, 15) is 0 Å². The van der Waals surface area contributed by atoms with Crippen molar-refractivity contribution >= 4 is 0 Å². The molecule has 0 aromatic rings. The molecule has 0 radical (unpaired) electrons. The van der Waals surface area contributed by atoms with Gasteiger partial charge in [-0.3, -0.25) is 0 Å². The summed E-state index contributed by atoms with van der Waals surface area (Å²) in [5.74, 6) is 0. The fourth-order valence-electron chi connectivity index (χ4n) is 0.717. The van der Waals surface area contributed by atoms with Crippen LogP contribution in [-0.2, 0) is 0 Å². The number of hydrogen-bond donors (Lipinski definition) is 1. The highest BCUT2D eigenvalue weighted by Gasteiger charge is 1.87. The average Bonchev–Trinajstić information content (AvgIpc) is 2.11. The van der Waals surface area contributed by atoms with Gasteiger partial charge in [0.05, 0.1) is 0 Å². The van der Waals surface area contributed by atoms with E-state index in [4.69, 9.17) is 0 Å². The summed E-state index contributed by atoms with van der Waals surface area (Å²) in [5.41, 5.74) is 2.55. The summed E-state index contributed by atoms with van der Waals surface area (Å²) in [6.45, 7) is 16.9. The van der Waals surface area contributed by atoms with Crippen molar-refractivity contribution in [1.82, 2.24) is 5.32 Å². The van der Waals surface area contributed by atoms with Crippen LogP contribution < -0.4 is 5.32 Å². The summed E-state index contributed by atoms with van der Waals surface area (Å²) in [5, 5.41) is 3.02. The summed E-state index contributed by atoms with van der Waals surface area (Å²) in [4.78, 5) is 0. The Bertz CT molecular complexity index is 303. The maximum Gasteiger partial charge on any atom is 0.0311 e. The van der Waals surface area contributed by atoms with Crippen LogP contribution in [0.15, 0.2) is 73.7 Å². The lowest BCUT2D eigenvalue weighted by molar-refractivity contribution is 1.06. The first kappa shape index (κ1) is 12.2. The smallest absolute Gasteiger partial charge is 0.0311 e. The van der Waals surface area contributed by atoms with Gasteiger partial charge in [-0.15, -0.1) is 0 Å². The highest BCUT2D eigenvalue weighted by atomic mass is 14.9. The van der Waals surface area contributed by atoms with Gasteiger partial charge in [-0.2, -0.15) is 0 Å². The van der Waals surface area contributed by atoms with E-state index in [1.807, 2.05) is 31.2 Å². The zero-order valence-corrected chi connectivity index (χ0v) is 8.72. The van der Waals surface area contributed by atoms with Crippen molar-refractivity contribution in [1.29, 1.82) is 0 Å². The van der Waals surface area contributed by atoms with Crippen LogP contribution in [0.2, 0.25) is 0 Å². The molecule has 14 heavy (non-hydrogen) atoms. The van der Waals surface area contributed by atoms with Crippen LogP contribution in [0.1, 0.15) is 6.92 Å². The van der Waals surface area contributed by atoms with E-state index in [-0.39, 0.29) is 0 Å². The van der Waals surface area contributed by atoms with Crippen LogP contribution in [0.4, 0.5) is 0 Å². The summed E-state index contributed by atoms with van der Waals surface area (Å²) < 4.78 is 0. The standard InChI is InChI=1S/C13H17N/c1-6-7-8-12(4)14-13(5)10-9-11(2)3/h6-10,14H,1-2,4-5H2,3H3/b8-7-,10-9-. The van der Waals surface area contributed by atoms with Crippen LogP contribution in [0.3, 0.4) is 0 Å². The van der Waals surface area contributed by atoms with Crippen molar-refractivity contribution in [2.45, 2.75) is 6.92 Å². The van der Waals surface area contributed by atoms with E-state index in [1.54, 1.807) is 6.08 Å². The third-order valence-electron chi connectivity index (χ3n) is 1.32. The van der Waals surface area contributed by atoms with Gasteiger partial charge in [0.1, 0.15) is 0 Å². The van der Waals surface area contributed by atoms with Crippen molar-refractivity contribution in [3.05, 3.63) is 73.7 Å². The van der Waals surface area contributed by atoms with Gasteiger partial charge in [-0.1, -0.05) is 50.1 Å². The van der Waals surface area contributed by atoms with Gasteiger partial charge in [0.2, 0.25) is 0 Å². The van der Waals surface area contributed by atoms with Crippen molar-refractivity contribution in [2.24, 2.45) is 0 Å². The van der Waals surface area contributed by atoms with Gasteiger partial charge in [0, 0.05) is 11.4 Å². The summed E-state index contributed by atoms with van der Waals surface area (Å²) in [6.07, 6.45) is 9.08. The van der Waals surface area contributed by atoms with Crippen LogP contribution in [0.25, 0.3) is 0 Å². The maximum absolute atomic E-state index is 3.82. The lowest BCUT2D eigenvalue weighted by Gasteiger charge is -2.04. The van der Waals surface area contributed by atoms with E-state index in [1.165, 1.54) is 0 Å². The van der Waals surface area contributed by atoms with Crippen molar-refractivity contribution in [3.8, 4) is 0 Å². The normalized spacial score (nSPS) is 10.4. The van der Waals surface area contributed by atoms with Crippen LogP contribution in [0.5, 0.6) is 0 Å². The highest BCUT2D eigenvalue weighted by molar-refractivity contribution is 5.27. The van der Waals surface area contributed by atoms with Gasteiger partial charge >= 0.3 is 0 Å². The molecule has 1 heteroatoms. The molecule has 0 aliphatic heterocycles. The van der Waals surface area contributed by atoms with Crippen molar-refractivity contribution in [2.75, 3.05) is 0 Å². The molecule has 1 N–H and O–H groups in total. The largest absolute Gasteiger partial charge is 0.356 e. The molecule has 0 atom stereocenters. The number of allylic oxidation sites excluding steroid dienone is 6. The quantitative estimate of drug-likeness (QED) is 0.628. The van der Waals surface area contributed by atoms with Gasteiger partial charge in [-0.25, -0.2) is 0 Å². The Hall–Kier alpha value is -1.76. The molecule has 0 saturated carbocycles. The molecule has 0 aliphatic rings. The molecule has 0 heterocycles. The van der Waals surface area contributed by atoms with E-state index in [0.29, 0.717) is 0 Å². The molecule has 74 valence electrons. The third kappa shape index (κ3) is 6.92. The first-order valence-electron chi connectivity index (χ1n) is 4.33. The molecular weight excluding hydrogens is 170 g/mol. The molecular formula is C13H17N. The monoisotopic (exact) mass is 187 g/mol. The first-order chi connectivity index (χ1) is 6.56. The molecule has 0 aliphatic carbocycles.